The molecular weight excluding hydrogens is 360 g/mol. The molecule has 0 aromatic heterocycles. The average Bonchev–Trinajstić information content (AvgIpc) is 3.14. The van der Waals surface area contributed by atoms with Crippen LogP contribution >= 0.6 is 11.8 Å². The Kier molecular flexibility index (Phi) is 5.84. The highest BCUT2D eigenvalue weighted by molar-refractivity contribution is 8.12. The molecule has 1 aliphatic heterocycles. The summed E-state index contributed by atoms with van der Waals surface area (Å²) in [6.45, 7) is 1.93. The lowest BCUT2D eigenvalue weighted by atomic mass is 10.2. The fourth-order valence-corrected chi connectivity index (χ4v) is 3.69. The summed E-state index contributed by atoms with van der Waals surface area (Å²) >= 11 is 1.38. The molecule has 136 valence electrons. The molecule has 0 unspecified atom stereocenters. The van der Waals surface area contributed by atoms with Gasteiger partial charge in [0.2, 0.25) is 0 Å². The minimum atomic E-state index is -0.622. The Morgan fingerprint density at radius 3 is 2.44 bits per heavy atom. The van der Waals surface area contributed by atoms with E-state index in [1.165, 1.54) is 11.8 Å². The van der Waals surface area contributed by atoms with E-state index in [1.807, 2.05) is 71.8 Å². The Labute approximate surface area is 162 Å². The minimum absolute atomic E-state index is 0.0140. The van der Waals surface area contributed by atoms with Gasteiger partial charge in [-0.15, -0.1) is 0 Å². The summed E-state index contributed by atoms with van der Waals surface area (Å²) in [5.74, 6) is 0.109. The molecule has 5 nitrogen and oxygen atoms in total. The van der Waals surface area contributed by atoms with Crippen molar-refractivity contribution in [3.63, 3.8) is 0 Å². The molecule has 0 amide bonds. The molecule has 27 heavy (non-hydrogen) atoms. The van der Waals surface area contributed by atoms with Crippen molar-refractivity contribution in [2.24, 2.45) is 0 Å². The molecule has 1 aliphatic rings. The molecule has 6 heteroatoms. The van der Waals surface area contributed by atoms with Gasteiger partial charge in [-0.05, 0) is 36.8 Å². The predicted octanol–water partition coefficient (Wildman–Crippen LogP) is 4.55. The van der Waals surface area contributed by atoms with E-state index in [4.69, 9.17) is 9.47 Å². The Hall–Kier alpha value is -3.17. The third-order valence-electron chi connectivity index (χ3n) is 3.89. The van der Waals surface area contributed by atoms with E-state index in [1.54, 1.807) is 14.0 Å². The van der Waals surface area contributed by atoms with Crippen LogP contribution in [0.3, 0.4) is 0 Å². The van der Waals surface area contributed by atoms with Gasteiger partial charge >= 0.3 is 5.97 Å². The van der Waals surface area contributed by atoms with E-state index in [0.717, 1.165) is 21.9 Å². The number of thioether (sulfide) groups is 1. The van der Waals surface area contributed by atoms with E-state index >= 15 is 0 Å². The number of anilines is 1. The van der Waals surface area contributed by atoms with Crippen molar-refractivity contribution in [2.45, 2.75) is 6.92 Å². The molecule has 2 aromatic carbocycles. The summed E-state index contributed by atoms with van der Waals surface area (Å²) in [6, 6.07) is 19.3. The topological polar surface area (TPSA) is 62.6 Å². The van der Waals surface area contributed by atoms with Crippen LogP contribution in [0.2, 0.25) is 0 Å². The Bertz CT molecular complexity index is 928. The van der Waals surface area contributed by atoms with Crippen molar-refractivity contribution >= 4 is 28.3 Å². The highest BCUT2D eigenvalue weighted by atomic mass is 32.2. The first-order valence-corrected chi connectivity index (χ1v) is 9.19. The first-order chi connectivity index (χ1) is 13.2. The molecule has 0 bridgehead atoms. The third kappa shape index (κ3) is 3.99. The van der Waals surface area contributed by atoms with Crippen LogP contribution < -0.4 is 9.64 Å². The molecule has 0 aliphatic carbocycles. The zero-order valence-corrected chi connectivity index (χ0v) is 15.8. The summed E-state index contributed by atoms with van der Waals surface area (Å²) in [6.07, 6.45) is 1.92. The predicted molar refractivity (Wildman–Crippen MR) is 107 cm³/mol. The Morgan fingerprint density at radius 1 is 1.15 bits per heavy atom. The first kappa shape index (κ1) is 18.6. The lowest BCUT2D eigenvalue weighted by molar-refractivity contribution is -0.138. The molecule has 1 heterocycles. The van der Waals surface area contributed by atoms with Crippen LogP contribution in [0.4, 0.5) is 5.69 Å². The summed E-state index contributed by atoms with van der Waals surface area (Å²) in [7, 11) is 1.61. The van der Waals surface area contributed by atoms with Crippen molar-refractivity contribution < 1.29 is 14.3 Å². The molecule has 2 aromatic rings. The summed E-state index contributed by atoms with van der Waals surface area (Å²) in [5, 5.41) is 10.1. The first-order valence-electron chi connectivity index (χ1n) is 8.37. The Morgan fingerprint density at radius 2 is 1.85 bits per heavy atom. The highest BCUT2D eigenvalue weighted by Gasteiger charge is 2.29. The maximum atomic E-state index is 12.3. The van der Waals surface area contributed by atoms with Gasteiger partial charge in [0.1, 0.15) is 16.8 Å². The van der Waals surface area contributed by atoms with Gasteiger partial charge in [-0.25, -0.2) is 4.79 Å². The van der Waals surface area contributed by atoms with Gasteiger partial charge in [0, 0.05) is 16.8 Å². The van der Waals surface area contributed by atoms with E-state index in [0.29, 0.717) is 5.03 Å². The van der Waals surface area contributed by atoms with E-state index in [2.05, 4.69) is 0 Å². The van der Waals surface area contributed by atoms with E-state index in [9.17, 15) is 10.1 Å². The maximum Gasteiger partial charge on any atom is 0.351 e. The number of carbonyl (C=O) groups is 1. The molecule has 0 saturated heterocycles. The molecule has 3 rings (SSSR count). The SMILES string of the molecule is CCOC(=O)C(C#N)=C1SC(c2ccccc2)=CN1c1ccc(OC)cc1. The van der Waals surface area contributed by atoms with Crippen LogP contribution in [-0.4, -0.2) is 19.7 Å². The van der Waals surface area contributed by atoms with Crippen molar-refractivity contribution in [3.8, 4) is 11.8 Å². The molecule has 0 N–H and O–H groups in total. The van der Waals surface area contributed by atoms with E-state index < -0.39 is 5.97 Å². The number of benzene rings is 2. The lowest BCUT2D eigenvalue weighted by Gasteiger charge is -2.18. The van der Waals surface area contributed by atoms with Crippen molar-refractivity contribution in [1.82, 2.24) is 0 Å². The van der Waals surface area contributed by atoms with Gasteiger partial charge in [-0.2, -0.15) is 5.26 Å². The number of esters is 1. The second-order valence-electron chi connectivity index (χ2n) is 5.54. The average molecular weight is 378 g/mol. The van der Waals surface area contributed by atoms with Gasteiger partial charge in [0.15, 0.2) is 5.57 Å². The fraction of sp³-hybridized carbons (Fsp3) is 0.143. The van der Waals surface area contributed by atoms with Crippen LogP contribution in [0.5, 0.6) is 5.75 Å². The van der Waals surface area contributed by atoms with Gasteiger partial charge in [-0.3, -0.25) is 0 Å². The Balaban J connectivity index is 2.08. The van der Waals surface area contributed by atoms with Crippen LogP contribution in [0.25, 0.3) is 4.91 Å². The zero-order chi connectivity index (χ0) is 19.2. The highest BCUT2D eigenvalue weighted by Crippen LogP contribution is 2.46. The molecule has 0 saturated carbocycles. The number of hydrogen-bond donors (Lipinski definition) is 0. The maximum absolute atomic E-state index is 12.3. The zero-order valence-electron chi connectivity index (χ0n) is 15.0. The van der Waals surface area contributed by atoms with Gasteiger partial charge < -0.3 is 14.4 Å². The number of hydrogen-bond acceptors (Lipinski definition) is 6. The van der Waals surface area contributed by atoms with Crippen molar-refractivity contribution in [1.29, 1.82) is 5.26 Å². The number of methoxy groups -OCH3 is 1. The third-order valence-corrected chi connectivity index (χ3v) is 5.04. The second kappa shape index (κ2) is 8.47. The largest absolute Gasteiger partial charge is 0.497 e. The molecule has 0 spiro atoms. The van der Waals surface area contributed by atoms with Crippen molar-refractivity contribution in [2.75, 3.05) is 18.6 Å². The summed E-state index contributed by atoms with van der Waals surface area (Å²) < 4.78 is 10.3. The number of nitrogens with zero attached hydrogens (tertiary/aromatic N) is 2. The monoisotopic (exact) mass is 378 g/mol. The molecule has 0 atom stereocenters. The smallest absolute Gasteiger partial charge is 0.351 e. The quantitative estimate of drug-likeness (QED) is 0.432. The lowest BCUT2D eigenvalue weighted by Crippen LogP contribution is -2.16. The van der Waals surface area contributed by atoms with Crippen molar-refractivity contribution in [3.05, 3.63) is 77.0 Å². The van der Waals surface area contributed by atoms with Gasteiger partial charge in [-0.1, -0.05) is 42.1 Å². The normalized spacial score (nSPS) is 15.0. The standard InChI is InChI=1S/C21H18N2O3S/c1-3-26-21(24)18(13-22)20-23(16-9-11-17(25-2)12-10-16)14-19(27-20)15-7-5-4-6-8-15/h4-12,14H,3H2,1-2H3. The summed E-state index contributed by atoms with van der Waals surface area (Å²) in [5.41, 5.74) is 1.82. The van der Waals surface area contributed by atoms with E-state index in [-0.39, 0.29) is 12.2 Å². The van der Waals surface area contributed by atoms with Crippen LogP contribution in [0.1, 0.15) is 12.5 Å². The number of ether oxygens (including phenoxy) is 2. The summed E-state index contributed by atoms with van der Waals surface area (Å²) in [4.78, 5) is 15.1. The second-order valence-corrected chi connectivity index (χ2v) is 6.57. The minimum Gasteiger partial charge on any atom is -0.497 e. The number of rotatable bonds is 5. The molecule has 0 radical (unpaired) electrons. The van der Waals surface area contributed by atoms with Gasteiger partial charge in [0.05, 0.1) is 13.7 Å². The van der Waals surface area contributed by atoms with Gasteiger partial charge in [0.25, 0.3) is 0 Å². The number of nitriles is 1. The fourth-order valence-electron chi connectivity index (χ4n) is 2.58. The molecular formula is C21H18N2O3S. The van der Waals surface area contributed by atoms with Crippen LogP contribution in [0.15, 0.2) is 71.4 Å². The van der Waals surface area contributed by atoms with Crippen LogP contribution in [-0.2, 0) is 9.53 Å². The number of carbonyl (C=O) groups excluding carboxylic acids is 1. The molecule has 0 fully saturated rings. The van der Waals surface area contributed by atoms with Crippen LogP contribution in [0, 0.1) is 11.3 Å².